The highest BCUT2D eigenvalue weighted by molar-refractivity contribution is 7.89. The Labute approximate surface area is 179 Å². The molecule has 160 valence electrons. The van der Waals surface area contributed by atoms with E-state index in [1.807, 2.05) is 5.38 Å². The molecule has 8 nitrogen and oxygen atoms in total. The molecule has 1 aliphatic carbocycles. The van der Waals surface area contributed by atoms with Gasteiger partial charge in [0.15, 0.2) is 0 Å². The zero-order chi connectivity index (χ0) is 21.5. The summed E-state index contributed by atoms with van der Waals surface area (Å²) in [4.78, 5) is 26.3. The molecule has 2 aromatic rings. The van der Waals surface area contributed by atoms with Gasteiger partial charge in [0.1, 0.15) is 0 Å². The Hall–Kier alpha value is -2.30. The Balaban J connectivity index is 1.46. The molecule has 2 heterocycles. The normalized spacial score (nSPS) is 20.0. The average Bonchev–Trinajstić information content (AvgIpc) is 3.16. The highest BCUT2D eigenvalue weighted by Gasteiger charge is 2.33. The Bertz CT molecular complexity index is 1090. The SMILES string of the molecule is CC1CCc2c(C(=O)N3CCN(S(=O)(=O)c4cccc([N+](=O)[O-])c4)CC3)csc2C1. The van der Waals surface area contributed by atoms with Gasteiger partial charge in [-0.3, -0.25) is 14.9 Å². The monoisotopic (exact) mass is 449 g/mol. The maximum atomic E-state index is 13.0. The van der Waals surface area contributed by atoms with Gasteiger partial charge < -0.3 is 4.90 Å². The highest BCUT2D eigenvalue weighted by Crippen LogP contribution is 2.33. The van der Waals surface area contributed by atoms with E-state index in [-0.39, 0.29) is 29.6 Å². The molecule has 30 heavy (non-hydrogen) atoms. The zero-order valence-electron chi connectivity index (χ0n) is 16.6. The Morgan fingerprint density at radius 2 is 1.97 bits per heavy atom. The first kappa shape index (κ1) is 21.0. The molecule has 1 aromatic carbocycles. The van der Waals surface area contributed by atoms with Crippen molar-refractivity contribution in [1.82, 2.24) is 9.21 Å². The summed E-state index contributed by atoms with van der Waals surface area (Å²) in [6.07, 6.45) is 3.02. The van der Waals surface area contributed by atoms with Crippen molar-refractivity contribution in [2.45, 2.75) is 31.1 Å². The molecular weight excluding hydrogens is 426 g/mol. The van der Waals surface area contributed by atoms with Gasteiger partial charge in [-0.2, -0.15) is 4.31 Å². The second kappa shape index (κ2) is 8.09. The molecule has 0 bridgehead atoms. The number of hydrogen-bond donors (Lipinski definition) is 0. The van der Waals surface area contributed by atoms with Crippen molar-refractivity contribution in [3.63, 3.8) is 0 Å². The summed E-state index contributed by atoms with van der Waals surface area (Å²) in [6, 6.07) is 5.06. The number of carbonyl (C=O) groups excluding carboxylic acids is 1. The van der Waals surface area contributed by atoms with Crippen LogP contribution in [-0.4, -0.2) is 54.6 Å². The van der Waals surface area contributed by atoms with Crippen LogP contribution in [0.15, 0.2) is 34.5 Å². The minimum absolute atomic E-state index is 0.0329. The summed E-state index contributed by atoms with van der Waals surface area (Å²) in [7, 11) is -3.85. The molecule has 2 aliphatic rings. The molecule has 10 heteroatoms. The topological polar surface area (TPSA) is 101 Å². The smallest absolute Gasteiger partial charge is 0.270 e. The summed E-state index contributed by atoms with van der Waals surface area (Å²) >= 11 is 1.64. The standard InChI is InChI=1S/C20H23N3O5S2/c1-14-5-6-17-18(13-29-19(17)11-14)20(24)21-7-9-22(10-8-21)30(27,28)16-4-2-3-15(12-16)23(25)26/h2-4,12-14H,5-11H2,1H3. The number of nitro benzene ring substituents is 1. The lowest BCUT2D eigenvalue weighted by molar-refractivity contribution is -0.385. The highest BCUT2D eigenvalue weighted by atomic mass is 32.2. The van der Waals surface area contributed by atoms with Crippen LogP contribution in [-0.2, 0) is 22.9 Å². The summed E-state index contributed by atoms with van der Waals surface area (Å²) in [5, 5.41) is 12.9. The maximum Gasteiger partial charge on any atom is 0.270 e. The Morgan fingerprint density at radius 1 is 1.23 bits per heavy atom. The molecule has 4 rings (SSSR count). The van der Waals surface area contributed by atoms with Crippen LogP contribution in [0, 0.1) is 16.0 Å². The number of fused-ring (bicyclic) bond motifs is 1. The van der Waals surface area contributed by atoms with Gasteiger partial charge in [-0.05, 0) is 36.8 Å². The maximum absolute atomic E-state index is 13.0. The summed E-state index contributed by atoms with van der Waals surface area (Å²) in [6.45, 7) is 3.16. The number of piperazine rings is 1. The van der Waals surface area contributed by atoms with Crippen LogP contribution in [0.2, 0.25) is 0 Å². The van der Waals surface area contributed by atoms with E-state index >= 15 is 0 Å². The van der Waals surface area contributed by atoms with E-state index in [4.69, 9.17) is 0 Å². The largest absolute Gasteiger partial charge is 0.336 e. The molecule has 0 N–H and O–H groups in total. The predicted octanol–water partition coefficient (Wildman–Crippen LogP) is 2.93. The lowest BCUT2D eigenvalue weighted by Gasteiger charge is -2.34. The lowest BCUT2D eigenvalue weighted by Crippen LogP contribution is -2.50. The van der Waals surface area contributed by atoms with Crippen molar-refractivity contribution < 1.29 is 18.1 Å². The third-order valence-electron chi connectivity index (χ3n) is 5.82. The van der Waals surface area contributed by atoms with Crippen LogP contribution in [0.5, 0.6) is 0 Å². The Kier molecular flexibility index (Phi) is 5.65. The number of hydrogen-bond acceptors (Lipinski definition) is 6. The molecular formula is C20H23N3O5S2. The van der Waals surface area contributed by atoms with E-state index < -0.39 is 14.9 Å². The predicted molar refractivity (Wildman–Crippen MR) is 113 cm³/mol. The fourth-order valence-electron chi connectivity index (χ4n) is 4.07. The number of carbonyl (C=O) groups is 1. The second-order valence-corrected chi connectivity index (χ2v) is 10.8. The van der Waals surface area contributed by atoms with Crippen LogP contribution >= 0.6 is 11.3 Å². The number of sulfonamides is 1. The van der Waals surface area contributed by atoms with Gasteiger partial charge in [-0.25, -0.2) is 8.42 Å². The van der Waals surface area contributed by atoms with Crippen molar-refractivity contribution in [3.8, 4) is 0 Å². The third-order valence-corrected chi connectivity index (χ3v) is 8.77. The van der Waals surface area contributed by atoms with E-state index in [2.05, 4.69) is 6.92 Å². The number of rotatable bonds is 4. The molecule has 1 unspecified atom stereocenters. The van der Waals surface area contributed by atoms with Crippen molar-refractivity contribution in [2.75, 3.05) is 26.2 Å². The van der Waals surface area contributed by atoms with Crippen LogP contribution < -0.4 is 0 Å². The van der Waals surface area contributed by atoms with E-state index in [1.165, 1.54) is 27.4 Å². The van der Waals surface area contributed by atoms with Crippen LogP contribution in [0.1, 0.15) is 34.1 Å². The van der Waals surface area contributed by atoms with Crippen molar-refractivity contribution >= 4 is 33.0 Å². The molecule has 1 aromatic heterocycles. The summed E-state index contributed by atoms with van der Waals surface area (Å²) < 4.78 is 27.1. The van der Waals surface area contributed by atoms with Gasteiger partial charge in [0.25, 0.3) is 11.6 Å². The molecule has 1 amide bonds. The molecule has 0 saturated carbocycles. The first-order chi connectivity index (χ1) is 14.3. The number of non-ortho nitro benzene ring substituents is 1. The number of amides is 1. The number of nitro groups is 1. The van der Waals surface area contributed by atoms with E-state index in [0.29, 0.717) is 19.0 Å². The van der Waals surface area contributed by atoms with Crippen molar-refractivity contribution in [2.24, 2.45) is 5.92 Å². The Morgan fingerprint density at radius 3 is 2.67 bits per heavy atom. The molecule has 0 radical (unpaired) electrons. The molecule has 1 saturated heterocycles. The molecule has 0 spiro atoms. The first-order valence-corrected chi connectivity index (χ1v) is 12.2. The van der Waals surface area contributed by atoms with Crippen LogP contribution in [0.3, 0.4) is 0 Å². The third kappa shape index (κ3) is 3.86. The summed E-state index contributed by atoms with van der Waals surface area (Å²) in [5.41, 5.74) is 1.66. The quantitative estimate of drug-likeness (QED) is 0.528. The fraction of sp³-hybridized carbons (Fsp3) is 0.450. The van der Waals surface area contributed by atoms with Crippen LogP contribution in [0.25, 0.3) is 0 Å². The fourth-order valence-corrected chi connectivity index (χ4v) is 6.77. The van der Waals surface area contributed by atoms with E-state index in [1.54, 1.807) is 16.2 Å². The minimum atomic E-state index is -3.85. The number of nitrogens with zero attached hydrogens (tertiary/aromatic N) is 3. The van der Waals surface area contributed by atoms with E-state index in [0.717, 1.165) is 36.5 Å². The lowest BCUT2D eigenvalue weighted by atomic mass is 9.88. The van der Waals surface area contributed by atoms with Gasteiger partial charge >= 0.3 is 0 Å². The minimum Gasteiger partial charge on any atom is -0.336 e. The van der Waals surface area contributed by atoms with Gasteiger partial charge in [0.05, 0.1) is 15.4 Å². The van der Waals surface area contributed by atoms with E-state index in [9.17, 15) is 23.3 Å². The molecule has 1 fully saturated rings. The van der Waals surface area contributed by atoms with Crippen molar-refractivity contribution in [1.29, 1.82) is 0 Å². The van der Waals surface area contributed by atoms with Crippen LogP contribution in [0.4, 0.5) is 5.69 Å². The molecule has 1 aliphatic heterocycles. The summed E-state index contributed by atoms with van der Waals surface area (Å²) in [5.74, 6) is 0.608. The number of benzene rings is 1. The van der Waals surface area contributed by atoms with Crippen molar-refractivity contribution in [3.05, 3.63) is 55.8 Å². The first-order valence-electron chi connectivity index (χ1n) is 9.90. The number of thiophene rings is 1. The zero-order valence-corrected chi connectivity index (χ0v) is 18.2. The average molecular weight is 450 g/mol. The second-order valence-electron chi connectivity index (χ2n) is 7.85. The van der Waals surface area contributed by atoms with Gasteiger partial charge in [0, 0.05) is 48.6 Å². The van der Waals surface area contributed by atoms with Gasteiger partial charge in [0.2, 0.25) is 10.0 Å². The van der Waals surface area contributed by atoms with Gasteiger partial charge in [-0.15, -0.1) is 11.3 Å². The van der Waals surface area contributed by atoms with Gasteiger partial charge in [-0.1, -0.05) is 13.0 Å². The molecule has 1 atom stereocenters.